The second-order valence-electron chi connectivity index (χ2n) is 5.31. The second-order valence-corrected chi connectivity index (χ2v) is 5.69. The van der Waals surface area contributed by atoms with Gasteiger partial charge in [-0.2, -0.15) is 0 Å². The van der Waals surface area contributed by atoms with Crippen LogP contribution in [0.2, 0.25) is 5.15 Å². The molecule has 1 aliphatic rings. The lowest BCUT2D eigenvalue weighted by molar-refractivity contribution is 0.196. The molecule has 1 aromatic carbocycles. The molecule has 2 heterocycles. The minimum absolute atomic E-state index is 0.307. The first-order valence-corrected chi connectivity index (χ1v) is 7.92. The van der Waals surface area contributed by atoms with E-state index in [9.17, 15) is 4.39 Å². The molecule has 0 amide bonds. The summed E-state index contributed by atoms with van der Waals surface area (Å²) in [5.74, 6) is 0.840. The predicted octanol–water partition coefficient (Wildman–Crippen LogP) is 2.47. The Morgan fingerprint density at radius 1 is 1.13 bits per heavy atom. The summed E-state index contributed by atoms with van der Waals surface area (Å²) < 4.78 is 19.0. The molecule has 1 saturated heterocycles. The van der Waals surface area contributed by atoms with E-state index in [4.69, 9.17) is 16.3 Å². The van der Waals surface area contributed by atoms with E-state index in [1.165, 1.54) is 12.4 Å². The summed E-state index contributed by atoms with van der Waals surface area (Å²) >= 11 is 5.90. The highest BCUT2D eigenvalue weighted by molar-refractivity contribution is 6.29. The third-order valence-electron chi connectivity index (χ3n) is 3.82. The van der Waals surface area contributed by atoms with Crippen LogP contribution >= 0.6 is 11.6 Å². The maximum absolute atomic E-state index is 13.5. The Labute approximate surface area is 139 Å². The van der Waals surface area contributed by atoms with Crippen LogP contribution in [0.25, 0.3) is 0 Å². The quantitative estimate of drug-likeness (QED) is 0.785. The topological polar surface area (TPSA) is 41.5 Å². The van der Waals surface area contributed by atoms with Gasteiger partial charge in [0.2, 0.25) is 0 Å². The van der Waals surface area contributed by atoms with Gasteiger partial charge >= 0.3 is 0 Å². The number of halogens is 2. The second kappa shape index (κ2) is 7.57. The zero-order valence-corrected chi connectivity index (χ0v) is 13.4. The first kappa shape index (κ1) is 16.0. The number of aromatic nitrogens is 2. The fourth-order valence-electron chi connectivity index (χ4n) is 2.54. The van der Waals surface area contributed by atoms with E-state index in [0.29, 0.717) is 17.5 Å². The lowest BCUT2D eigenvalue weighted by atomic mass is 10.3. The summed E-state index contributed by atoms with van der Waals surface area (Å²) in [5, 5.41) is 0.454. The van der Waals surface area contributed by atoms with Crippen LogP contribution in [-0.4, -0.2) is 54.2 Å². The first-order chi connectivity index (χ1) is 11.2. The smallest absolute Gasteiger partial charge is 0.165 e. The third-order valence-corrected chi connectivity index (χ3v) is 4.02. The normalized spacial score (nSPS) is 15.7. The van der Waals surface area contributed by atoms with Crippen LogP contribution < -0.4 is 9.64 Å². The van der Waals surface area contributed by atoms with Crippen molar-refractivity contribution >= 4 is 17.4 Å². The molecule has 0 spiro atoms. The summed E-state index contributed by atoms with van der Waals surface area (Å²) in [7, 11) is 0. The van der Waals surface area contributed by atoms with E-state index < -0.39 is 0 Å². The molecular weight excluding hydrogens is 319 g/mol. The van der Waals surface area contributed by atoms with Crippen molar-refractivity contribution in [2.45, 2.75) is 0 Å². The number of ether oxygens (including phenoxy) is 1. The molecule has 23 heavy (non-hydrogen) atoms. The molecule has 0 atom stereocenters. The van der Waals surface area contributed by atoms with Crippen LogP contribution in [0.15, 0.2) is 36.7 Å². The van der Waals surface area contributed by atoms with Crippen molar-refractivity contribution in [1.82, 2.24) is 14.9 Å². The molecule has 0 bridgehead atoms. The van der Waals surface area contributed by atoms with Crippen LogP contribution in [0.4, 0.5) is 10.2 Å². The van der Waals surface area contributed by atoms with Gasteiger partial charge in [0.05, 0.1) is 0 Å². The van der Waals surface area contributed by atoms with Crippen LogP contribution in [0.3, 0.4) is 0 Å². The standard InChI is InChI=1S/C16H18ClFN4O/c17-15-11-16(20-12-19-15)22-7-5-21(6-8-22)9-10-23-14-4-2-1-3-13(14)18/h1-4,11-12H,5-10H2. The largest absolute Gasteiger partial charge is 0.489 e. The van der Waals surface area contributed by atoms with Gasteiger partial charge in [0.25, 0.3) is 0 Å². The molecule has 1 aromatic heterocycles. The summed E-state index contributed by atoms with van der Waals surface area (Å²) in [4.78, 5) is 12.6. The molecule has 2 aromatic rings. The molecule has 0 aliphatic carbocycles. The van der Waals surface area contributed by atoms with Crippen molar-refractivity contribution in [3.05, 3.63) is 47.6 Å². The highest BCUT2D eigenvalue weighted by atomic mass is 35.5. The number of para-hydroxylation sites is 1. The number of anilines is 1. The summed E-state index contributed by atoms with van der Waals surface area (Å²) in [6.07, 6.45) is 1.48. The Morgan fingerprint density at radius 2 is 1.91 bits per heavy atom. The van der Waals surface area contributed by atoms with E-state index in [1.807, 2.05) is 0 Å². The van der Waals surface area contributed by atoms with Crippen molar-refractivity contribution in [3.8, 4) is 5.75 Å². The fourth-order valence-corrected chi connectivity index (χ4v) is 2.69. The van der Waals surface area contributed by atoms with E-state index in [0.717, 1.165) is 38.5 Å². The molecular formula is C16H18ClFN4O. The van der Waals surface area contributed by atoms with E-state index in [-0.39, 0.29) is 5.82 Å². The molecule has 122 valence electrons. The molecule has 0 unspecified atom stereocenters. The number of piperazine rings is 1. The predicted molar refractivity (Wildman–Crippen MR) is 87.6 cm³/mol. The number of hydrogen-bond donors (Lipinski definition) is 0. The maximum atomic E-state index is 13.5. The molecule has 5 nitrogen and oxygen atoms in total. The molecule has 0 radical (unpaired) electrons. The summed E-state index contributed by atoms with van der Waals surface area (Å²) in [5.41, 5.74) is 0. The first-order valence-electron chi connectivity index (χ1n) is 7.54. The Kier molecular flexibility index (Phi) is 5.25. The average molecular weight is 337 g/mol. The van der Waals surface area contributed by atoms with E-state index in [2.05, 4.69) is 19.8 Å². The van der Waals surface area contributed by atoms with Gasteiger partial charge in [0.1, 0.15) is 23.9 Å². The third kappa shape index (κ3) is 4.30. The Balaban J connectivity index is 1.44. The van der Waals surface area contributed by atoms with Gasteiger partial charge in [0.15, 0.2) is 11.6 Å². The van der Waals surface area contributed by atoms with Gasteiger partial charge < -0.3 is 9.64 Å². The van der Waals surface area contributed by atoms with Gasteiger partial charge in [-0.15, -0.1) is 0 Å². The number of benzene rings is 1. The lowest BCUT2D eigenvalue weighted by Gasteiger charge is -2.35. The monoisotopic (exact) mass is 336 g/mol. The number of hydrogen-bond acceptors (Lipinski definition) is 5. The van der Waals surface area contributed by atoms with E-state index in [1.54, 1.807) is 24.3 Å². The average Bonchev–Trinajstić information content (AvgIpc) is 2.57. The maximum Gasteiger partial charge on any atom is 0.165 e. The zero-order valence-electron chi connectivity index (χ0n) is 12.7. The SMILES string of the molecule is Fc1ccccc1OCCN1CCN(c2cc(Cl)ncn2)CC1. The van der Waals surface area contributed by atoms with Crippen molar-refractivity contribution in [2.24, 2.45) is 0 Å². The van der Waals surface area contributed by atoms with Crippen LogP contribution in [0.1, 0.15) is 0 Å². The van der Waals surface area contributed by atoms with Gasteiger partial charge in [-0.05, 0) is 12.1 Å². The van der Waals surface area contributed by atoms with Crippen LogP contribution in [-0.2, 0) is 0 Å². The van der Waals surface area contributed by atoms with Crippen molar-refractivity contribution in [1.29, 1.82) is 0 Å². The zero-order chi connectivity index (χ0) is 16.1. The molecule has 3 rings (SSSR count). The van der Waals surface area contributed by atoms with Crippen molar-refractivity contribution < 1.29 is 9.13 Å². The van der Waals surface area contributed by atoms with Gasteiger partial charge in [-0.25, -0.2) is 14.4 Å². The van der Waals surface area contributed by atoms with Crippen LogP contribution in [0, 0.1) is 5.82 Å². The minimum atomic E-state index is -0.321. The van der Waals surface area contributed by atoms with Gasteiger partial charge in [0, 0.05) is 38.8 Å². The van der Waals surface area contributed by atoms with Gasteiger partial charge in [-0.1, -0.05) is 23.7 Å². The van der Waals surface area contributed by atoms with Crippen molar-refractivity contribution in [2.75, 3.05) is 44.2 Å². The van der Waals surface area contributed by atoms with Crippen molar-refractivity contribution in [3.63, 3.8) is 0 Å². The van der Waals surface area contributed by atoms with Gasteiger partial charge in [-0.3, -0.25) is 4.90 Å². The Hall–Kier alpha value is -1.92. The highest BCUT2D eigenvalue weighted by Gasteiger charge is 2.18. The molecule has 0 saturated carbocycles. The minimum Gasteiger partial charge on any atom is -0.489 e. The molecule has 7 heteroatoms. The Morgan fingerprint density at radius 3 is 2.65 bits per heavy atom. The highest BCUT2D eigenvalue weighted by Crippen LogP contribution is 2.17. The lowest BCUT2D eigenvalue weighted by Crippen LogP contribution is -2.47. The Bertz CT molecular complexity index is 649. The van der Waals surface area contributed by atoms with Crippen LogP contribution in [0.5, 0.6) is 5.75 Å². The summed E-state index contributed by atoms with van der Waals surface area (Å²) in [6, 6.07) is 8.25. The molecule has 0 N–H and O–H groups in total. The number of rotatable bonds is 5. The fraction of sp³-hybridized carbons (Fsp3) is 0.375. The summed E-state index contributed by atoms with van der Waals surface area (Å²) in [6.45, 7) is 4.79. The molecule has 1 aliphatic heterocycles. The number of nitrogens with zero attached hydrogens (tertiary/aromatic N) is 4. The molecule has 1 fully saturated rings. The van der Waals surface area contributed by atoms with E-state index >= 15 is 0 Å².